The first kappa shape index (κ1) is 12.5. The molecule has 0 fully saturated rings. The molecule has 2 heteroatoms. The van der Waals surface area contributed by atoms with Gasteiger partial charge in [0, 0.05) is 0 Å². The van der Waals surface area contributed by atoms with E-state index in [9.17, 15) is 5.11 Å². The normalized spacial score (nSPS) is 10.1. The Morgan fingerprint density at radius 2 is 1.75 bits per heavy atom. The lowest BCUT2D eigenvalue weighted by Gasteiger charge is -2.16. The predicted molar refractivity (Wildman–Crippen MR) is 73.6 cm³/mol. The van der Waals surface area contributed by atoms with Gasteiger partial charge in [0.15, 0.2) is 0 Å². The van der Waals surface area contributed by atoms with Crippen LogP contribution in [0.15, 0.2) is 50.1 Å². The molecule has 0 aliphatic heterocycles. The third-order valence-electron chi connectivity index (χ3n) is 2.43. The quantitative estimate of drug-likeness (QED) is 0.587. The zero-order valence-electron chi connectivity index (χ0n) is 9.45. The molecule has 1 radical (unpaired) electrons. The van der Waals surface area contributed by atoms with Gasteiger partial charge < -0.3 is 5.11 Å². The Balaban J connectivity index is 3.19. The molecule has 0 saturated heterocycles. The molecule has 0 aliphatic carbocycles. The van der Waals surface area contributed by atoms with Crippen molar-refractivity contribution in [3.05, 3.63) is 55.7 Å². The summed E-state index contributed by atoms with van der Waals surface area (Å²) in [5, 5.41) is 11.0. The maximum absolute atomic E-state index is 9.96. The van der Waals surface area contributed by atoms with E-state index in [0.29, 0.717) is 5.75 Å². The molecular weight excluding hydrogens is 212 g/mol. The number of phenolic OH excluding ortho intramolecular Hbond substituents is 1. The van der Waals surface area contributed by atoms with Gasteiger partial charge in [-0.05, 0) is 28.9 Å². The molecule has 0 amide bonds. The van der Waals surface area contributed by atoms with Crippen molar-refractivity contribution in [2.24, 2.45) is 0 Å². The summed E-state index contributed by atoms with van der Waals surface area (Å²) < 4.78 is 0. The molecule has 16 heavy (non-hydrogen) atoms. The smallest absolute Gasteiger partial charge is 0.115 e. The second-order valence-electron chi connectivity index (χ2n) is 3.53. The largest absolute Gasteiger partial charge is 0.508 e. The fourth-order valence-corrected chi connectivity index (χ4v) is 4.06. The molecule has 0 bridgehead atoms. The van der Waals surface area contributed by atoms with Crippen LogP contribution in [0, 0.1) is 0 Å². The van der Waals surface area contributed by atoms with E-state index in [4.69, 9.17) is 0 Å². The molecule has 0 spiro atoms. The van der Waals surface area contributed by atoms with Crippen LogP contribution in [-0.2, 0) is 0 Å². The number of allylic oxidation sites excluding steroid dienone is 2. The summed E-state index contributed by atoms with van der Waals surface area (Å²) in [4.78, 5) is 0. The Kier molecular flexibility index (Phi) is 4.80. The van der Waals surface area contributed by atoms with Gasteiger partial charge in [-0.2, -0.15) is 0 Å². The molecule has 0 aliphatic rings. The Labute approximate surface area is 99.1 Å². The van der Waals surface area contributed by atoms with Crippen molar-refractivity contribution in [2.45, 2.75) is 12.1 Å². The summed E-state index contributed by atoms with van der Waals surface area (Å²) in [6.07, 6.45) is 5.63. The van der Waals surface area contributed by atoms with E-state index in [-0.39, 0.29) is 0 Å². The maximum atomic E-state index is 9.96. The van der Waals surface area contributed by atoms with Crippen LogP contribution in [0.25, 0.3) is 6.08 Å². The molecule has 1 rings (SSSR count). The van der Waals surface area contributed by atoms with Gasteiger partial charge in [-0.1, -0.05) is 36.9 Å². The molecule has 1 aromatic rings. The fraction of sp³-hybridized carbons (Fsp3) is 0.143. The zero-order chi connectivity index (χ0) is 12.0. The third-order valence-corrected chi connectivity index (χ3v) is 5.24. The molecule has 0 aromatic heterocycles. The molecule has 1 N–H and O–H groups in total. The van der Waals surface area contributed by atoms with Gasteiger partial charge in [0.1, 0.15) is 5.75 Å². The highest BCUT2D eigenvalue weighted by Gasteiger charge is 2.17. The van der Waals surface area contributed by atoms with E-state index in [1.165, 1.54) is 0 Å². The van der Waals surface area contributed by atoms with Crippen molar-refractivity contribution < 1.29 is 5.11 Å². The summed E-state index contributed by atoms with van der Waals surface area (Å²) in [5.41, 5.74) is 1.03. The van der Waals surface area contributed by atoms with Crippen molar-refractivity contribution in [3.8, 4) is 5.75 Å². The minimum atomic E-state index is -0.853. The van der Waals surface area contributed by atoms with Crippen LogP contribution in [0.2, 0.25) is 12.1 Å². The number of phenols is 1. The number of rotatable bonds is 6. The lowest BCUT2D eigenvalue weighted by atomic mass is 10.2. The van der Waals surface area contributed by atoms with Crippen molar-refractivity contribution in [1.29, 1.82) is 0 Å². The lowest BCUT2D eigenvalue weighted by molar-refractivity contribution is 0.479. The lowest BCUT2D eigenvalue weighted by Crippen LogP contribution is -2.31. The van der Waals surface area contributed by atoms with Gasteiger partial charge in [-0.3, -0.25) is 0 Å². The summed E-state index contributed by atoms with van der Waals surface area (Å²) in [6, 6.07) is 7.42. The van der Waals surface area contributed by atoms with Crippen LogP contribution in [-0.4, -0.2) is 13.9 Å². The van der Waals surface area contributed by atoms with Crippen LogP contribution >= 0.6 is 0 Å². The molecule has 0 saturated carbocycles. The first-order chi connectivity index (χ1) is 7.74. The van der Waals surface area contributed by atoms with Gasteiger partial charge >= 0.3 is 0 Å². The number of hydrogen-bond donors (Lipinski definition) is 1. The van der Waals surface area contributed by atoms with E-state index < -0.39 is 8.80 Å². The van der Waals surface area contributed by atoms with Crippen molar-refractivity contribution in [1.82, 2.24) is 0 Å². The standard InChI is InChI=1S/C14H17OSi/c1-4-10-16(11-5-2)14-12(6-3)8-7-9-13(14)15/h4-9,15H,1-3,10-11H2. The van der Waals surface area contributed by atoms with E-state index in [2.05, 4.69) is 19.7 Å². The molecule has 1 aromatic carbocycles. The zero-order valence-corrected chi connectivity index (χ0v) is 10.4. The first-order valence-electron chi connectivity index (χ1n) is 5.25. The van der Waals surface area contributed by atoms with Gasteiger partial charge in [-0.25, -0.2) is 0 Å². The molecule has 1 nitrogen and oxygen atoms in total. The first-order valence-corrected chi connectivity index (χ1v) is 7.17. The van der Waals surface area contributed by atoms with Gasteiger partial charge in [0.2, 0.25) is 0 Å². The second-order valence-corrected chi connectivity index (χ2v) is 6.06. The average Bonchev–Trinajstić information content (AvgIpc) is 2.28. The molecular formula is C14H17OSi. The van der Waals surface area contributed by atoms with Crippen LogP contribution in [0.5, 0.6) is 5.75 Å². The number of aromatic hydroxyl groups is 1. The van der Waals surface area contributed by atoms with Crippen LogP contribution in [0.1, 0.15) is 5.56 Å². The van der Waals surface area contributed by atoms with E-state index in [1.54, 1.807) is 12.1 Å². The van der Waals surface area contributed by atoms with Crippen molar-refractivity contribution >= 4 is 20.1 Å². The topological polar surface area (TPSA) is 20.2 Å². The van der Waals surface area contributed by atoms with Gasteiger partial charge in [-0.15, -0.1) is 13.2 Å². The highest BCUT2D eigenvalue weighted by Crippen LogP contribution is 2.15. The Hall–Kier alpha value is -1.54. The Morgan fingerprint density at radius 3 is 2.25 bits per heavy atom. The minimum absolute atomic E-state index is 0.370. The maximum Gasteiger partial charge on any atom is 0.115 e. The monoisotopic (exact) mass is 229 g/mol. The molecule has 0 atom stereocenters. The summed E-state index contributed by atoms with van der Waals surface area (Å²) >= 11 is 0. The second kappa shape index (κ2) is 6.13. The Morgan fingerprint density at radius 1 is 1.12 bits per heavy atom. The number of hydrogen-bond acceptors (Lipinski definition) is 1. The highest BCUT2D eigenvalue weighted by molar-refractivity contribution is 6.75. The third kappa shape index (κ3) is 2.73. The summed E-state index contributed by atoms with van der Waals surface area (Å²) in [6.45, 7) is 11.3. The summed E-state index contributed by atoms with van der Waals surface area (Å²) in [7, 11) is -0.853. The average molecular weight is 229 g/mol. The fourth-order valence-electron chi connectivity index (χ4n) is 1.75. The molecule has 0 heterocycles. The SMILES string of the molecule is C=CC[Si](CC=C)c1c(O)cccc1C=C. The molecule has 0 unspecified atom stereocenters. The van der Waals surface area contributed by atoms with Gasteiger partial charge in [0.25, 0.3) is 0 Å². The van der Waals surface area contributed by atoms with E-state index in [0.717, 1.165) is 22.8 Å². The van der Waals surface area contributed by atoms with Gasteiger partial charge in [0.05, 0.1) is 8.80 Å². The minimum Gasteiger partial charge on any atom is -0.508 e. The highest BCUT2D eigenvalue weighted by atomic mass is 28.3. The summed E-state index contributed by atoms with van der Waals surface area (Å²) in [5.74, 6) is 0.370. The van der Waals surface area contributed by atoms with Crippen LogP contribution in [0.4, 0.5) is 0 Å². The van der Waals surface area contributed by atoms with E-state index >= 15 is 0 Å². The van der Waals surface area contributed by atoms with E-state index in [1.807, 2.05) is 24.3 Å². The Bertz CT molecular complexity index is 386. The number of benzene rings is 1. The van der Waals surface area contributed by atoms with Crippen LogP contribution < -0.4 is 5.19 Å². The van der Waals surface area contributed by atoms with Crippen LogP contribution in [0.3, 0.4) is 0 Å². The van der Waals surface area contributed by atoms with Crippen molar-refractivity contribution in [3.63, 3.8) is 0 Å². The molecule has 83 valence electrons. The predicted octanol–water partition coefficient (Wildman–Crippen LogP) is 3.11. The van der Waals surface area contributed by atoms with Crippen molar-refractivity contribution in [2.75, 3.05) is 0 Å².